The van der Waals surface area contributed by atoms with Gasteiger partial charge in [-0.2, -0.15) is 18.4 Å². The number of rotatable bonds is 3. The second-order valence-corrected chi connectivity index (χ2v) is 6.46. The quantitative estimate of drug-likeness (QED) is 0.898. The monoisotopic (exact) mass is 360 g/mol. The summed E-state index contributed by atoms with van der Waals surface area (Å²) in [5, 5.41) is 8.73. The summed E-state index contributed by atoms with van der Waals surface area (Å²) < 4.78 is 65.2. The van der Waals surface area contributed by atoms with Crippen LogP contribution in [0.2, 0.25) is 5.02 Å². The van der Waals surface area contributed by atoms with Gasteiger partial charge in [-0.25, -0.2) is 8.42 Å². The summed E-state index contributed by atoms with van der Waals surface area (Å²) >= 11 is 5.77. The van der Waals surface area contributed by atoms with E-state index < -0.39 is 26.7 Å². The zero-order chi connectivity index (χ0) is 17.3. The molecule has 0 saturated carbocycles. The van der Waals surface area contributed by atoms with E-state index >= 15 is 0 Å². The lowest BCUT2D eigenvalue weighted by Crippen LogP contribution is -2.18. The van der Waals surface area contributed by atoms with Crippen LogP contribution in [0.5, 0.6) is 0 Å². The van der Waals surface area contributed by atoms with Crippen molar-refractivity contribution in [3.05, 3.63) is 58.6 Å². The van der Waals surface area contributed by atoms with Gasteiger partial charge in [-0.1, -0.05) is 23.7 Å². The fraction of sp³-hybridized carbons (Fsp3) is 0.0714. The number of alkyl halides is 3. The van der Waals surface area contributed by atoms with E-state index in [1.807, 2.05) is 4.72 Å². The van der Waals surface area contributed by atoms with Gasteiger partial charge in [-0.15, -0.1) is 0 Å². The molecular formula is C14H8ClF3N2O2S. The van der Waals surface area contributed by atoms with E-state index in [2.05, 4.69) is 0 Å². The summed E-state index contributed by atoms with van der Waals surface area (Å²) in [6, 6.07) is 9.25. The standard InChI is InChI=1S/C14H8ClF3N2O2S/c15-12-7-10(6-5-9(12)8-19)20-23(21,22)13-4-2-1-3-11(13)14(16,17)18/h1-7,20H. The van der Waals surface area contributed by atoms with Gasteiger partial charge in [0, 0.05) is 0 Å². The smallest absolute Gasteiger partial charge is 0.280 e. The predicted octanol–water partition coefficient (Wildman–Crippen LogP) is 4.03. The first-order valence-corrected chi connectivity index (χ1v) is 7.90. The molecule has 0 amide bonds. The van der Waals surface area contributed by atoms with Crippen LogP contribution in [0.25, 0.3) is 0 Å². The highest BCUT2D eigenvalue weighted by atomic mass is 35.5. The van der Waals surface area contributed by atoms with Crippen LogP contribution >= 0.6 is 11.6 Å². The maximum Gasteiger partial charge on any atom is 0.417 e. The number of nitrogens with one attached hydrogen (secondary N) is 1. The summed E-state index contributed by atoms with van der Waals surface area (Å²) in [5.41, 5.74) is -1.21. The van der Waals surface area contributed by atoms with Crippen molar-refractivity contribution >= 4 is 27.3 Å². The molecule has 0 radical (unpaired) electrons. The Labute approximate surface area is 135 Å². The van der Waals surface area contributed by atoms with Crippen molar-refractivity contribution in [3.63, 3.8) is 0 Å². The topological polar surface area (TPSA) is 70.0 Å². The molecule has 1 N–H and O–H groups in total. The van der Waals surface area contributed by atoms with Crippen molar-refractivity contribution in [1.82, 2.24) is 0 Å². The second kappa shape index (κ2) is 6.10. The number of anilines is 1. The molecule has 0 aliphatic rings. The SMILES string of the molecule is N#Cc1ccc(NS(=O)(=O)c2ccccc2C(F)(F)F)cc1Cl. The van der Waals surface area contributed by atoms with Gasteiger partial charge in [-0.05, 0) is 30.3 Å². The number of hydrogen-bond donors (Lipinski definition) is 1. The molecule has 0 saturated heterocycles. The number of nitriles is 1. The van der Waals surface area contributed by atoms with E-state index in [4.69, 9.17) is 16.9 Å². The van der Waals surface area contributed by atoms with Gasteiger partial charge in [0.25, 0.3) is 10.0 Å². The molecule has 9 heteroatoms. The van der Waals surface area contributed by atoms with Crippen LogP contribution in [0.4, 0.5) is 18.9 Å². The average Bonchev–Trinajstić information content (AvgIpc) is 2.46. The Morgan fingerprint density at radius 3 is 2.35 bits per heavy atom. The fourth-order valence-electron chi connectivity index (χ4n) is 1.81. The molecule has 0 bridgehead atoms. The van der Waals surface area contributed by atoms with Crippen molar-refractivity contribution < 1.29 is 21.6 Å². The number of sulfonamides is 1. The molecule has 0 spiro atoms. The number of hydrogen-bond acceptors (Lipinski definition) is 3. The maximum absolute atomic E-state index is 12.9. The second-order valence-electron chi connectivity index (χ2n) is 4.41. The Kier molecular flexibility index (Phi) is 4.54. The Morgan fingerprint density at radius 2 is 1.78 bits per heavy atom. The summed E-state index contributed by atoms with van der Waals surface area (Å²) in [7, 11) is -4.48. The van der Waals surface area contributed by atoms with Crippen LogP contribution in [-0.4, -0.2) is 8.42 Å². The third-order valence-electron chi connectivity index (χ3n) is 2.82. The fourth-order valence-corrected chi connectivity index (χ4v) is 3.32. The van der Waals surface area contributed by atoms with Crippen molar-refractivity contribution in [2.45, 2.75) is 11.1 Å². The van der Waals surface area contributed by atoms with Gasteiger partial charge >= 0.3 is 6.18 Å². The van der Waals surface area contributed by atoms with E-state index in [1.165, 1.54) is 18.2 Å². The summed E-state index contributed by atoms with van der Waals surface area (Å²) in [4.78, 5) is -0.895. The molecular weight excluding hydrogens is 353 g/mol. The van der Waals surface area contributed by atoms with Gasteiger partial charge in [-0.3, -0.25) is 4.72 Å². The summed E-state index contributed by atoms with van der Waals surface area (Å²) in [6.45, 7) is 0. The molecule has 23 heavy (non-hydrogen) atoms. The highest BCUT2D eigenvalue weighted by Gasteiger charge is 2.36. The molecule has 120 valence electrons. The lowest BCUT2D eigenvalue weighted by Gasteiger charge is -2.14. The molecule has 0 fully saturated rings. The Balaban J connectivity index is 2.45. The van der Waals surface area contributed by atoms with Crippen molar-refractivity contribution in [2.24, 2.45) is 0 Å². The minimum atomic E-state index is -4.81. The minimum absolute atomic E-state index is 0.0168. The van der Waals surface area contributed by atoms with Crippen LogP contribution in [0.1, 0.15) is 11.1 Å². The first kappa shape index (κ1) is 17.1. The van der Waals surface area contributed by atoms with Gasteiger partial charge in [0.2, 0.25) is 0 Å². The lowest BCUT2D eigenvalue weighted by molar-refractivity contribution is -0.139. The molecule has 0 unspecified atom stereocenters. The average molecular weight is 361 g/mol. The first-order chi connectivity index (χ1) is 10.6. The summed E-state index contributed by atoms with van der Waals surface area (Å²) in [5.74, 6) is 0. The van der Waals surface area contributed by atoms with Crippen molar-refractivity contribution in [3.8, 4) is 6.07 Å². The normalized spacial score (nSPS) is 11.8. The highest BCUT2D eigenvalue weighted by molar-refractivity contribution is 7.92. The predicted molar refractivity (Wildman–Crippen MR) is 78.4 cm³/mol. The molecule has 0 aliphatic carbocycles. The van der Waals surface area contributed by atoms with Crippen molar-refractivity contribution in [1.29, 1.82) is 5.26 Å². The number of halogens is 4. The largest absolute Gasteiger partial charge is 0.417 e. The third kappa shape index (κ3) is 3.75. The number of nitrogens with zero attached hydrogens (tertiary/aromatic N) is 1. The molecule has 0 aromatic heterocycles. The molecule has 0 atom stereocenters. The molecule has 0 aliphatic heterocycles. The number of benzene rings is 2. The van der Waals surface area contributed by atoms with E-state index in [0.717, 1.165) is 18.2 Å². The van der Waals surface area contributed by atoms with Crippen LogP contribution in [0.15, 0.2) is 47.4 Å². The van der Waals surface area contributed by atoms with Crippen LogP contribution in [0.3, 0.4) is 0 Å². The third-order valence-corrected chi connectivity index (χ3v) is 4.58. The highest BCUT2D eigenvalue weighted by Crippen LogP contribution is 2.34. The maximum atomic E-state index is 12.9. The zero-order valence-corrected chi connectivity index (χ0v) is 12.8. The van der Waals surface area contributed by atoms with E-state index in [1.54, 1.807) is 6.07 Å². The molecule has 2 rings (SSSR count). The molecule has 2 aromatic rings. The van der Waals surface area contributed by atoms with Crippen molar-refractivity contribution in [2.75, 3.05) is 4.72 Å². The van der Waals surface area contributed by atoms with E-state index in [-0.39, 0.29) is 16.3 Å². The molecule has 2 aromatic carbocycles. The summed E-state index contributed by atoms with van der Waals surface area (Å²) in [6.07, 6.45) is -4.81. The first-order valence-electron chi connectivity index (χ1n) is 6.04. The minimum Gasteiger partial charge on any atom is -0.280 e. The molecule has 0 heterocycles. The van der Waals surface area contributed by atoms with Gasteiger partial charge in [0.15, 0.2) is 0 Å². The van der Waals surface area contributed by atoms with E-state index in [9.17, 15) is 21.6 Å². The van der Waals surface area contributed by atoms with Crippen LogP contribution in [0, 0.1) is 11.3 Å². The van der Waals surface area contributed by atoms with Gasteiger partial charge in [0.1, 0.15) is 6.07 Å². The molecule has 4 nitrogen and oxygen atoms in total. The van der Waals surface area contributed by atoms with Gasteiger partial charge in [0.05, 0.1) is 26.7 Å². The van der Waals surface area contributed by atoms with Gasteiger partial charge < -0.3 is 0 Å². The van der Waals surface area contributed by atoms with Crippen LogP contribution in [-0.2, 0) is 16.2 Å². The van der Waals surface area contributed by atoms with E-state index in [0.29, 0.717) is 6.07 Å². The zero-order valence-electron chi connectivity index (χ0n) is 11.2. The Hall–Kier alpha value is -2.24. The Morgan fingerprint density at radius 1 is 1.13 bits per heavy atom. The van der Waals surface area contributed by atoms with Crippen LogP contribution < -0.4 is 4.72 Å². The Bertz CT molecular complexity index is 890. The lowest BCUT2D eigenvalue weighted by atomic mass is 10.2.